The van der Waals surface area contributed by atoms with Gasteiger partial charge >= 0.3 is 0 Å². The predicted molar refractivity (Wildman–Crippen MR) is 53.2 cm³/mol. The Bertz CT molecular complexity index is 313. The van der Waals surface area contributed by atoms with Crippen LogP contribution >= 0.6 is 11.6 Å². The summed E-state index contributed by atoms with van der Waals surface area (Å²) in [6, 6.07) is 0. The fourth-order valence-corrected chi connectivity index (χ4v) is 2.30. The van der Waals surface area contributed by atoms with E-state index in [1.54, 1.807) is 0 Å². The fourth-order valence-electron chi connectivity index (χ4n) is 1.98. The van der Waals surface area contributed by atoms with E-state index in [9.17, 15) is 0 Å². The quantitative estimate of drug-likeness (QED) is 0.742. The molecule has 2 rings (SSSR count). The number of hydrogen-bond acceptors (Lipinski definition) is 2. The lowest BCUT2D eigenvalue weighted by molar-refractivity contribution is 0.635. The van der Waals surface area contributed by atoms with Crippen LogP contribution in [0, 0.1) is 6.92 Å². The van der Waals surface area contributed by atoms with Gasteiger partial charge in [0.05, 0.1) is 16.4 Å². The van der Waals surface area contributed by atoms with Crippen molar-refractivity contribution in [2.24, 2.45) is 7.05 Å². The van der Waals surface area contributed by atoms with Crippen molar-refractivity contribution < 1.29 is 0 Å². The van der Waals surface area contributed by atoms with Gasteiger partial charge in [0.15, 0.2) is 0 Å². The smallest absolute Gasteiger partial charge is 0.0850 e. The van der Waals surface area contributed by atoms with E-state index in [0.29, 0.717) is 5.92 Å². The largest absolute Gasteiger partial charge is 0.316 e. The normalized spacial score (nSPS) is 22.5. The average Bonchev–Trinajstić information content (AvgIpc) is 2.63. The highest BCUT2D eigenvalue weighted by molar-refractivity contribution is 6.31. The molecule has 3 nitrogen and oxygen atoms in total. The molecule has 1 aromatic rings. The van der Waals surface area contributed by atoms with Gasteiger partial charge in [0.2, 0.25) is 0 Å². The van der Waals surface area contributed by atoms with Gasteiger partial charge in [0.1, 0.15) is 0 Å². The summed E-state index contributed by atoms with van der Waals surface area (Å²) in [5.74, 6) is 0.540. The molecule has 72 valence electrons. The number of rotatable bonds is 1. The van der Waals surface area contributed by atoms with Crippen LogP contribution in [0.3, 0.4) is 0 Å². The molecule has 1 N–H and O–H groups in total. The maximum atomic E-state index is 6.18. The van der Waals surface area contributed by atoms with E-state index in [0.717, 1.165) is 23.8 Å². The Labute approximate surface area is 83.1 Å². The van der Waals surface area contributed by atoms with Crippen LogP contribution in [0.5, 0.6) is 0 Å². The first kappa shape index (κ1) is 9.03. The van der Waals surface area contributed by atoms with Gasteiger partial charge in [-0.2, -0.15) is 5.10 Å². The van der Waals surface area contributed by atoms with E-state index in [2.05, 4.69) is 10.4 Å². The minimum absolute atomic E-state index is 0.540. The Morgan fingerprint density at radius 1 is 1.62 bits per heavy atom. The molecule has 0 aliphatic carbocycles. The lowest BCUT2D eigenvalue weighted by Gasteiger charge is -2.08. The third kappa shape index (κ3) is 1.46. The molecule has 0 aromatic carbocycles. The minimum atomic E-state index is 0.540. The molecule has 2 heterocycles. The van der Waals surface area contributed by atoms with Crippen LogP contribution in [0.1, 0.15) is 23.7 Å². The van der Waals surface area contributed by atoms with Crippen LogP contribution < -0.4 is 5.32 Å². The Kier molecular flexibility index (Phi) is 2.30. The van der Waals surface area contributed by atoms with E-state index in [1.807, 2.05) is 18.7 Å². The Hall–Kier alpha value is -0.540. The van der Waals surface area contributed by atoms with Crippen molar-refractivity contribution in [2.75, 3.05) is 13.1 Å². The van der Waals surface area contributed by atoms with Crippen LogP contribution in [0.15, 0.2) is 0 Å². The molecule has 1 aliphatic rings. The highest BCUT2D eigenvalue weighted by Gasteiger charge is 2.23. The van der Waals surface area contributed by atoms with Gasteiger partial charge < -0.3 is 5.32 Å². The van der Waals surface area contributed by atoms with Crippen molar-refractivity contribution >= 4 is 11.6 Å². The van der Waals surface area contributed by atoms with Crippen LogP contribution in [-0.4, -0.2) is 22.9 Å². The Morgan fingerprint density at radius 3 is 2.85 bits per heavy atom. The number of halogens is 1. The summed E-state index contributed by atoms with van der Waals surface area (Å²) < 4.78 is 1.91. The first-order valence-electron chi connectivity index (χ1n) is 4.60. The van der Waals surface area contributed by atoms with Crippen molar-refractivity contribution in [1.82, 2.24) is 15.1 Å². The number of aryl methyl sites for hydroxylation is 2. The standard InChI is InChI=1S/C9H14ClN3/c1-6-8(10)9(13(2)12-6)7-3-4-11-5-7/h7,11H,3-5H2,1-2H3. The van der Waals surface area contributed by atoms with Crippen LogP contribution in [0.25, 0.3) is 0 Å². The molecular formula is C9H14ClN3. The number of hydrogen-bond donors (Lipinski definition) is 1. The predicted octanol–water partition coefficient (Wildman–Crippen LogP) is 1.46. The maximum absolute atomic E-state index is 6.18. The average molecular weight is 200 g/mol. The molecule has 1 saturated heterocycles. The van der Waals surface area contributed by atoms with Gasteiger partial charge in [0, 0.05) is 19.5 Å². The third-order valence-corrected chi connectivity index (χ3v) is 3.11. The molecule has 0 bridgehead atoms. The molecule has 1 aromatic heterocycles. The molecule has 1 fully saturated rings. The summed E-state index contributed by atoms with van der Waals surface area (Å²) in [7, 11) is 1.96. The second-order valence-corrected chi connectivity index (χ2v) is 3.98. The van der Waals surface area contributed by atoms with Gasteiger partial charge in [-0.15, -0.1) is 0 Å². The first-order chi connectivity index (χ1) is 6.20. The zero-order valence-electron chi connectivity index (χ0n) is 7.97. The lowest BCUT2D eigenvalue weighted by atomic mass is 10.0. The summed E-state index contributed by atoms with van der Waals surface area (Å²) in [6.45, 7) is 4.07. The first-order valence-corrected chi connectivity index (χ1v) is 4.97. The highest BCUT2D eigenvalue weighted by Crippen LogP contribution is 2.30. The Balaban J connectivity index is 2.37. The van der Waals surface area contributed by atoms with Crippen LogP contribution in [0.4, 0.5) is 0 Å². The molecule has 0 radical (unpaired) electrons. The Morgan fingerprint density at radius 2 is 2.38 bits per heavy atom. The van der Waals surface area contributed by atoms with E-state index in [1.165, 1.54) is 12.1 Å². The molecule has 1 aliphatic heterocycles. The van der Waals surface area contributed by atoms with Gasteiger partial charge in [0.25, 0.3) is 0 Å². The van der Waals surface area contributed by atoms with E-state index in [-0.39, 0.29) is 0 Å². The molecule has 0 saturated carbocycles. The van der Waals surface area contributed by atoms with Crippen molar-refractivity contribution in [3.63, 3.8) is 0 Å². The number of nitrogens with one attached hydrogen (secondary N) is 1. The highest BCUT2D eigenvalue weighted by atomic mass is 35.5. The molecule has 4 heteroatoms. The summed E-state index contributed by atoms with van der Waals surface area (Å²) in [6.07, 6.45) is 1.17. The molecule has 1 atom stereocenters. The zero-order chi connectivity index (χ0) is 9.42. The molecule has 0 amide bonds. The monoisotopic (exact) mass is 199 g/mol. The lowest BCUT2D eigenvalue weighted by Crippen LogP contribution is -2.11. The van der Waals surface area contributed by atoms with Crippen molar-refractivity contribution in [3.05, 3.63) is 16.4 Å². The SMILES string of the molecule is Cc1nn(C)c(C2CCNC2)c1Cl. The minimum Gasteiger partial charge on any atom is -0.316 e. The molecule has 13 heavy (non-hydrogen) atoms. The van der Waals surface area contributed by atoms with Crippen molar-refractivity contribution in [3.8, 4) is 0 Å². The molecular weight excluding hydrogens is 186 g/mol. The van der Waals surface area contributed by atoms with E-state index < -0.39 is 0 Å². The number of aromatic nitrogens is 2. The van der Waals surface area contributed by atoms with Gasteiger partial charge in [-0.05, 0) is 19.9 Å². The van der Waals surface area contributed by atoms with Crippen molar-refractivity contribution in [2.45, 2.75) is 19.3 Å². The summed E-state index contributed by atoms with van der Waals surface area (Å²) >= 11 is 6.18. The van der Waals surface area contributed by atoms with E-state index >= 15 is 0 Å². The van der Waals surface area contributed by atoms with Crippen LogP contribution in [0.2, 0.25) is 5.02 Å². The van der Waals surface area contributed by atoms with Crippen molar-refractivity contribution in [1.29, 1.82) is 0 Å². The second-order valence-electron chi connectivity index (χ2n) is 3.60. The molecule has 0 spiro atoms. The topological polar surface area (TPSA) is 29.9 Å². The maximum Gasteiger partial charge on any atom is 0.0850 e. The van der Waals surface area contributed by atoms with Gasteiger partial charge in [-0.25, -0.2) is 0 Å². The summed E-state index contributed by atoms with van der Waals surface area (Å²) in [5, 5.41) is 8.49. The zero-order valence-corrected chi connectivity index (χ0v) is 8.73. The molecule has 1 unspecified atom stereocenters. The number of nitrogens with zero attached hydrogens (tertiary/aromatic N) is 2. The second kappa shape index (κ2) is 3.31. The van der Waals surface area contributed by atoms with E-state index in [4.69, 9.17) is 11.6 Å². The third-order valence-electron chi connectivity index (χ3n) is 2.64. The van der Waals surface area contributed by atoms with Gasteiger partial charge in [-0.3, -0.25) is 4.68 Å². The summed E-state index contributed by atoms with van der Waals surface area (Å²) in [4.78, 5) is 0. The van der Waals surface area contributed by atoms with Gasteiger partial charge in [-0.1, -0.05) is 11.6 Å². The fraction of sp³-hybridized carbons (Fsp3) is 0.667. The summed E-state index contributed by atoms with van der Waals surface area (Å²) in [5.41, 5.74) is 2.12. The van der Waals surface area contributed by atoms with Crippen LogP contribution in [-0.2, 0) is 7.05 Å².